The fourth-order valence-corrected chi connectivity index (χ4v) is 2.99. The Balaban J connectivity index is 1.67. The number of phenols is 1. The molecule has 1 unspecified atom stereocenters. The Kier molecular flexibility index (Phi) is 4.92. The van der Waals surface area contributed by atoms with Crippen LogP contribution in [0, 0.1) is 6.92 Å². The molecule has 0 saturated carbocycles. The first-order chi connectivity index (χ1) is 12.1. The Bertz CT molecular complexity index is 793. The van der Waals surface area contributed by atoms with Gasteiger partial charge in [0.2, 0.25) is 5.91 Å². The van der Waals surface area contributed by atoms with Crippen LogP contribution in [0.2, 0.25) is 0 Å². The summed E-state index contributed by atoms with van der Waals surface area (Å²) in [6, 6.07) is 7.59. The van der Waals surface area contributed by atoms with Crippen molar-refractivity contribution in [1.82, 2.24) is 20.2 Å². The smallest absolute Gasteiger partial charge is 0.258 e. The van der Waals surface area contributed by atoms with Gasteiger partial charge in [-0.1, -0.05) is 12.1 Å². The van der Waals surface area contributed by atoms with Gasteiger partial charge in [-0.05, 0) is 38.0 Å². The zero-order chi connectivity index (χ0) is 17.8. The summed E-state index contributed by atoms with van der Waals surface area (Å²) in [5.41, 5.74) is 0.936. The molecule has 7 nitrogen and oxygen atoms in total. The number of likely N-dealkylation sites (tertiary alicyclic amines) is 1. The number of aromatic nitrogens is 2. The van der Waals surface area contributed by atoms with E-state index in [1.54, 1.807) is 37.4 Å². The van der Waals surface area contributed by atoms with Gasteiger partial charge in [-0.3, -0.25) is 9.59 Å². The summed E-state index contributed by atoms with van der Waals surface area (Å²) in [4.78, 5) is 35.0. The van der Waals surface area contributed by atoms with Crippen LogP contribution in [0.15, 0.2) is 36.5 Å². The normalized spacial score (nSPS) is 16.7. The van der Waals surface area contributed by atoms with Crippen LogP contribution in [0.3, 0.4) is 0 Å². The highest BCUT2D eigenvalue weighted by Crippen LogP contribution is 2.24. The number of carbonyl (C=O) groups is 2. The van der Waals surface area contributed by atoms with Crippen LogP contribution in [0.4, 0.5) is 0 Å². The van der Waals surface area contributed by atoms with Crippen molar-refractivity contribution >= 4 is 11.8 Å². The third-order valence-electron chi connectivity index (χ3n) is 4.23. The maximum absolute atomic E-state index is 12.7. The number of hydrogen-bond donors (Lipinski definition) is 2. The summed E-state index contributed by atoms with van der Waals surface area (Å²) in [5, 5.41) is 12.7. The molecule has 0 radical (unpaired) electrons. The predicted octanol–water partition coefficient (Wildman–Crippen LogP) is 1.41. The van der Waals surface area contributed by atoms with Crippen LogP contribution in [0.5, 0.6) is 5.75 Å². The molecular weight excluding hydrogens is 320 g/mol. The summed E-state index contributed by atoms with van der Waals surface area (Å²) < 4.78 is 0. The monoisotopic (exact) mass is 340 g/mol. The van der Waals surface area contributed by atoms with E-state index in [4.69, 9.17) is 0 Å². The highest BCUT2D eigenvalue weighted by Gasteiger charge is 2.35. The molecule has 1 fully saturated rings. The van der Waals surface area contributed by atoms with Crippen molar-refractivity contribution in [2.45, 2.75) is 32.4 Å². The molecule has 0 spiro atoms. The summed E-state index contributed by atoms with van der Waals surface area (Å²) in [6.45, 7) is 2.57. The molecule has 1 aromatic carbocycles. The second-order valence-corrected chi connectivity index (χ2v) is 5.99. The minimum Gasteiger partial charge on any atom is -0.507 e. The summed E-state index contributed by atoms with van der Waals surface area (Å²) >= 11 is 0. The van der Waals surface area contributed by atoms with Crippen LogP contribution in [0.1, 0.15) is 34.7 Å². The molecule has 0 aliphatic carbocycles. The average molecular weight is 340 g/mol. The first-order valence-electron chi connectivity index (χ1n) is 8.21. The number of rotatable bonds is 4. The van der Waals surface area contributed by atoms with Gasteiger partial charge in [-0.2, -0.15) is 0 Å². The standard InChI is InChI=1S/C18H20N4O3/c1-12-19-9-8-13(21-12)11-20-17(24)15-6-4-10-22(15)18(25)14-5-2-3-7-16(14)23/h2-3,5,7-9,15,23H,4,6,10-11H2,1H3,(H,20,24). The molecule has 1 saturated heterocycles. The van der Waals surface area contributed by atoms with Crippen molar-refractivity contribution in [2.24, 2.45) is 0 Å². The number of nitrogens with zero attached hydrogens (tertiary/aromatic N) is 3. The minimum atomic E-state index is -0.532. The molecule has 0 bridgehead atoms. The Morgan fingerprint density at radius 1 is 1.32 bits per heavy atom. The number of aromatic hydroxyl groups is 1. The number of aryl methyl sites for hydroxylation is 1. The maximum atomic E-state index is 12.7. The van der Waals surface area contributed by atoms with Gasteiger partial charge in [0.15, 0.2) is 0 Å². The molecule has 1 aromatic heterocycles. The fourth-order valence-electron chi connectivity index (χ4n) is 2.99. The van der Waals surface area contributed by atoms with Gasteiger partial charge >= 0.3 is 0 Å². The number of para-hydroxylation sites is 1. The van der Waals surface area contributed by atoms with Gasteiger partial charge in [0.1, 0.15) is 17.6 Å². The van der Waals surface area contributed by atoms with Crippen molar-refractivity contribution in [3.05, 3.63) is 53.6 Å². The number of hydrogen-bond acceptors (Lipinski definition) is 5. The zero-order valence-corrected chi connectivity index (χ0v) is 14.0. The molecule has 25 heavy (non-hydrogen) atoms. The van der Waals surface area contributed by atoms with E-state index in [0.29, 0.717) is 18.8 Å². The van der Waals surface area contributed by atoms with Crippen molar-refractivity contribution in [1.29, 1.82) is 0 Å². The van der Waals surface area contributed by atoms with Gasteiger partial charge in [0.25, 0.3) is 5.91 Å². The number of phenolic OH excluding ortho intramolecular Hbond substituents is 1. The van der Waals surface area contributed by atoms with Crippen LogP contribution in [0.25, 0.3) is 0 Å². The highest BCUT2D eigenvalue weighted by molar-refractivity contribution is 5.99. The van der Waals surface area contributed by atoms with Crippen LogP contribution >= 0.6 is 0 Å². The van der Waals surface area contributed by atoms with E-state index in [-0.39, 0.29) is 29.7 Å². The summed E-state index contributed by atoms with van der Waals surface area (Å²) in [5.74, 6) is 0.0326. The molecule has 2 aromatic rings. The average Bonchev–Trinajstić information content (AvgIpc) is 3.09. The van der Waals surface area contributed by atoms with Crippen LogP contribution in [-0.2, 0) is 11.3 Å². The number of benzene rings is 1. The molecule has 1 aliphatic heterocycles. The van der Waals surface area contributed by atoms with Crippen LogP contribution < -0.4 is 5.32 Å². The molecule has 2 N–H and O–H groups in total. The SMILES string of the molecule is Cc1nccc(CNC(=O)C2CCCN2C(=O)c2ccccc2O)n1. The third-order valence-corrected chi connectivity index (χ3v) is 4.23. The molecule has 1 atom stereocenters. The van der Waals surface area contributed by atoms with Gasteiger partial charge in [-0.15, -0.1) is 0 Å². The summed E-state index contributed by atoms with van der Waals surface area (Å²) in [7, 11) is 0. The van der Waals surface area contributed by atoms with Gasteiger partial charge in [0.05, 0.1) is 17.8 Å². The van der Waals surface area contributed by atoms with Crippen molar-refractivity contribution in [3.8, 4) is 5.75 Å². The summed E-state index contributed by atoms with van der Waals surface area (Å²) in [6.07, 6.45) is 3.01. The van der Waals surface area contributed by atoms with Gasteiger partial charge in [-0.25, -0.2) is 9.97 Å². The first-order valence-corrected chi connectivity index (χ1v) is 8.21. The lowest BCUT2D eigenvalue weighted by atomic mass is 10.1. The molecular formula is C18H20N4O3. The number of amides is 2. The first kappa shape index (κ1) is 16.9. The maximum Gasteiger partial charge on any atom is 0.258 e. The predicted molar refractivity (Wildman–Crippen MR) is 90.8 cm³/mol. The van der Waals surface area contributed by atoms with E-state index in [2.05, 4.69) is 15.3 Å². The van der Waals surface area contributed by atoms with Gasteiger partial charge < -0.3 is 15.3 Å². The minimum absolute atomic E-state index is 0.0741. The topological polar surface area (TPSA) is 95.4 Å². The van der Waals surface area contributed by atoms with Crippen LogP contribution in [-0.4, -0.2) is 44.4 Å². The quantitative estimate of drug-likeness (QED) is 0.877. The lowest BCUT2D eigenvalue weighted by Crippen LogP contribution is -2.45. The van der Waals surface area contributed by atoms with Crippen molar-refractivity contribution in [2.75, 3.05) is 6.54 Å². The molecule has 1 aliphatic rings. The molecule has 3 rings (SSSR count). The Labute approximate surface area is 145 Å². The van der Waals surface area contributed by atoms with E-state index < -0.39 is 6.04 Å². The zero-order valence-electron chi connectivity index (χ0n) is 14.0. The Morgan fingerprint density at radius 2 is 2.12 bits per heavy atom. The lowest BCUT2D eigenvalue weighted by molar-refractivity contribution is -0.125. The van der Waals surface area contributed by atoms with E-state index in [1.807, 2.05) is 0 Å². The molecule has 130 valence electrons. The van der Waals surface area contributed by atoms with Crippen molar-refractivity contribution < 1.29 is 14.7 Å². The number of nitrogens with one attached hydrogen (secondary N) is 1. The second-order valence-electron chi connectivity index (χ2n) is 5.99. The van der Waals surface area contributed by atoms with E-state index in [0.717, 1.165) is 12.1 Å². The number of carbonyl (C=O) groups excluding carboxylic acids is 2. The second kappa shape index (κ2) is 7.29. The highest BCUT2D eigenvalue weighted by atomic mass is 16.3. The van der Waals surface area contributed by atoms with Crippen molar-refractivity contribution in [3.63, 3.8) is 0 Å². The van der Waals surface area contributed by atoms with E-state index in [1.165, 1.54) is 11.0 Å². The Morgan fingerprint density at radius 3 is 2.88 bits per heavy atom. The molecule has 2 amide bonds. The molecule has 7 heteroatoms. The fraction of sp³-hybridized carbons (Fsp3) is 0.333. The third kappa shape index (κ3) is 3.76. The largest absolute Gasteiger partial charge is 0.507 e. The lowest BCUT2D eigenvalue weighted by Gasteiger charge is -2.24. The van der Waals surface area contributed by atoms with E-state index >= 15 is 0 Å². The molecule has 2 heterocycles. The van der Waals surface area contributed by atoms with E-state index in [9.17, 15) is 14.7 Å². The van der Waals surface area contributed by atoms with Gasteiger partial charge in [0, 0.05) is 12.7 Å². The Hall–Kier alpha value is -2.96.